The minimum Gasteiger partial charge on any atom is -0.352 e. The van der Waals surface area contributed by atoms with Crippen LogP contribution in [0, 0.1) is 5.92 Å². The van der Waals surface area contributed by atoms with Gasteiger partial charge in [-0.25, -0.2) is 0 Å². The highest BCUT2D eigenvalue weighted by molar-refractivity contribution is 7.08. The Morgan fingerprint density at radius 1 is 1.14 bits per heavy atom. The molecular weight excluding hydrogens is 282 g/mol. The molecule has 0 spiro atoms. The van der Waals surface area contributed by atoms with Crippen molar-refractivity contribution in [3.63, 3.8) is 0 Å². The topological polar surface area (TPSA) is 46.3 Å². The molecule has 5 rings (SSSR count). The number of thiophene rings is 1. The molecule has 3 aromatic rings. The first kappa shape index (κ1) is 11.7. The van der Waals surface area contributed by atoms with Gasteiger partial charge in [-0.1, -0.05) is 0 Å². The molecule has 1 saturated heterocycles. The Labute approximate surface area is 126 Å². The first-order valence-corrected chi connectivity index (χ1v) is 8.34. The Morgan fingerprint density at radius 2 is 2.14 bits per heavy atom. The van der Waals surface area contributed by atoms with Crippen molar-refractivity contribution in [3.8, 4) is 11.4 Å². The summed E-state index contributed by atoms with van der Waals surface area (Å²) in [5.41, 5.74) is 1.89. The van der Waals surface area contributed by atoms with Gasteiger partial charge in [0.1, 0.15) is 5.82 Å². The van der Waals surface area contributed by atoms with Gasteiger partial charge >= 0.3 is 0 Å². The summed E-state index contributed by atoms with van der Waals surface area (Å²) in [7, 11) is 0. The number of aromatic nitrogens is 4. The summed E-state index contributed by atoms with van der Waals surface area (Å²) in [6, 6.07) is 6.85. The van der Waals surface area contributed by atoms with Gasteiger partial charge in [0.15, 0.2) is 11.5 Å². The van der Waals surface area contributed by atoms with Crippen molar-refractivity contribution in [2.45, 2.75) is 25.3 Å². The van der Waals surface area contributed by atoms with Crippen LogP contribution in [0.1, 0.15) is 19.3 Å². The van der Waals surface area contributed by atoms with Gasteiger partial charge in [0, 0.05) is 23.5 Å². The fourth-order valence-electron chi connectivity index (χ4n) is 3.71. The lowest BCUT2D eigenvalue weighted by Gasteiger charge is -2.27. The molecule has 1 aliphatic carbocycles. The fourth-order valence-corrected chi connectivity index (χ4v) is 4.34. The molecule has 2 unspecified atom stereocenters. The monoisotopic (exact) mass is 297 g/mol. The molecule has 0 aromatic carbocycles. The van der Waals surface area contributed by atoms with Gasteiger partial charge < -0.3 is 4.90 Å². The molecule has 1 saturated carbocycles. The van der Waals surface area contributed by atoms with Crippen LogP contribution >= 0.6 is 11.3 Å². The molecule has 2 bridgehead atoms. The SMILES string of the molecule is c1cc(-c2nnc3ccc(N4CC5CCC4C5)nn23)cs1. The van der Waals surface area contributed by atoms with Crippen molar-refractivity contribution in [3.05, 3.63) is 29.0 Å². The van der Waals surface area contributed by atoms with Crippen LogP contribution in [0.3, 0.4) is 0 Å². The van der Waals surface area contributed by atoms with E-state index in [4.69, 9.17) is 5.10 Å². The van der Waals surface area contributed by atoms with Crippen LogP contribution in [-0.4, -0.2) is 32.4 Å². The standard InChI is InChI=1S/C15H15N5S/c1-2-12-7-10(1)8-19(12)14-4-3-13-16-17-15(20(13)18-14)11-5-6-21-9-11/h3-6,9-10,12H,1-2,7-8H2. The minimum atomic E-state index is 0.682. The van der Waals surface area contributed by atoms with E-state index in [0.717, 1.165) is 35.3 Å². The summed E-state index contributed by atoms with van der Waals surface area (Å²) in [5, 5.41) is 17.5. The lowest BCUT2D eigenvalue weighted by atomic mass is 10.1. The highest BCUT2D eigenvalue weighted by Crippen LogP contribution is 2.39. The van der Waals surface area contributed by atoms with Gasteiger partial charge in [0.2, 0.25) is 0 Å². The molecule has 3 aromatic heterocycles. The van der Waals surface area contributed by atoms with Crippen LogP contribution in [0.2, 0.25) is 0 Å². The quantitative estimate of drug-likeness (QED) is 0.729. The van der Waals surface area contributed by atoms with Gasteiger partial charge in [-0.3, -0.25) is 0 Å². The predicted octanol–water partition coefficient (Wildman–Crippen LogP) is 2.84. The highest BCUT2D eigenvalue weighted by Gasteiger charge is 2.38. The molecule has 5 nitrogen and oxygen atoms in total. The molecular formula is C15H15N5S. The molecule has 6 heteroatoms. The third-order valence-corrected chi connectivity index (χ3v) is 5.41. The van der Waals surface area contributed by atoms with Crippen molar-refractivity contribution < 1.29 is 0 Å². The molecule has 2 atom stereocenters. The van der Waals surface area contributed by atoms with Crippen molar-refractivity contribution in [1.82, 2.24) is 19.8 Å². The van der Waals surface area contributed by atoms with E-state index in [0.29, 0.717) is 6.04 Å². The van der Waals surface area contributed by atoms with Crippen LogP contribution in [0.4, 0.5) is 5.82 Å². The molecule has 4 heterocycles. The average Bonchev–Trinajstić information content (AvgIpc) is 3.28. The summed E-state index contributed by atoms with van der Waals surface area (Å²) in [5.74, 6) is 2.76. The molecule has 106 valence electrons. The second-order valence-corrected chi connectivity index (χ2v) is 6.76. The summed E-state index contributed by atoms with van der Waals surface area (Å²) in [6.07, 6.45) is 4.03. The number of nitrogens with zero attached hydrogens (tertiary/aromatic N) is 5. The van der Waals surface area contributed by atoms with Gasteiger partial charge in [0.05, 0.1) is 0 Å². The van der Waals surface area contributed by atoms with E-state index < -0.39 is 0 Å². The lowest BCUT2D eigenvalue weighted by Crippen LogP contribution is -2.32. The number of anilines is 1. The van der Waals surface area contributed by atoms with Gasteiger partial charge in [-0.2, -0.15) is 15.9 Å². The number of rotatable bonds is 2. The molecule has 1 aliphatic heterocycles. The maximum Gasteiger partial charge on any atom is 0.186 e. The van der Waals surface area contributed by atoms with Crippen LogP contribution in [-0.2, 0) is 0 Å². The summed E-state index contributed by atoms with van der Waals surface area (Å²) >= 11 is 1.67. The Kier molecular flexibility index (Phi) is 2.38. The molecule has 2 aliphatic rings. The second-order valence-electron chi connectivity index (χ2n) is 5.98. The van der Waals surface area contributed by atoms with E-state index in [2.05, 4.69) is 38.0 Å². The van der Waals surface area contributed by atoms with E-state index in [1.807, 2.05) is 10.6 Å². The van der Waals surface area contributed by atoms with E-state index >= 15 is 0 Å². The zero-order valence-corrected chi connectivity index (χ0v) is 12.3. The van der Waals surface area contributed by atoms with Crippen LogP contribution in [0.25, 0.3) is 17.0 Å². The molecule has 0 radical (unpaired) electrons. The zero-order chi connectivity index (χ0) is 13.8. The van der Waals surface area contributed by atoms with Gasteiger partial charge in [0.25, 0.3) is 0 Å². The summed E-state index contributed by atoms with van der Waals surface area (Å²) in [4.78, 5) is 2.46. The largest absolute Gasteiger partial charge is 0.352 e. The number of hydrogen-bond donors (Lipinski definition) is 0. The van der Waals surface area contributed by atoms with Crippen LogP contribution in [0.5, 0.6) is 0 Å². The zero-order valence-electron chi connectivity index (χ0n) is 11.5. The van der Waals surface area contributed by atoms with Crippen LogP contribution in [0.15, 0.2) is 29.0 Å². The number of hydrogen-bond acceptors (Lipinski definition) is 5. The van der Waals surface area contributed by atoms with Gasteiger partial charge in [-0.05, 0) is 48.8 Å². The Hall–Kier alpha value is -1.95. The molecule has 2 fully saturated rings. The fraction of sp³-hybridized carbons (Fsp3) is 0.400. The molecule has 0 N–H and O–H groups in total. The maximum absolute atomic E-state index is 4.81. The van der Waals surface area contributed by atoms with Crippen molar-refractivity contribution in [2.75, 3.05) is 11.4 Å². The van der Waals surface area contributed by atoms with Crippen molar-refractivity contribution >= 4 is 22.8 Å². The Bertz CT molecular complexity index is 794. The Morgan fingerprint density at radius 3 is 2.90 bits per heavy atom. The van der Waals surface area contributed by atoms with Crippen molar-refractivity contribution in [2.24, 2.45) is 5.92 Å². The Balaban J connectivity index is 1.61. The van der Waals surface area contributed by atoms with Gasteiger partial charge in [-0.15, -0.1) is 15.3 Å². The second kappa shape index (κ2) is 4.27. The van der Waals surface area contributed by atoms with E-state index in [-0.39, 0.29) is 0 Å². The lowest BCUT2D eigenvalue weighted by molar-refractivity contribution is 0.548. The summed E-state index contributed by atoms with van der Waals surface area (Å²) < 4.78 is 1.88. The van der Waals surface area contributed by atoms with E-state index in [1.165, 1.54) is 19.3 Å². The normalized spacial score (nSPS) is 24.3. The predicted molar refractivity (Wildman–Crippen MR) is 82.6 cm³/mol. The maximum atomic E-state index is 4.81. The van der Waals surface area contributed by atoms with E-state index in [1.54, 1.807) is 11.3 Å². The van der Waals surface area contributed by atoms with E-state index in [9.17, 15) is 0 Å². The summed E-state index contributed by atoms with van der Waals surface area (Å²) in [6.45, 7) is 1.15. The minimum absolute atomic E-state index is 0.682. The molecule has 0 amide bonds. The smallest absolute Gasteiger partial charge is 0.186 e. The molecule has 21 heavy (non-hydrogen) atoms. The van der Waals surface area contributed by atoms with Crippen LogP contribution < -0.4 is 4.90 Å². The highest BCUT2D eigenvalue weighted by atomic mass is 32.1. The third-order valence-electron chi connectivity index (χ3n) is 4.73. The number of piperidine rings is 1. The van der Waals surface area contributed by atoms with Crippen molar-refractivity contribution in [1.29, 1.82) is 0 Å². The third kappa shape index (κ3) is 1.72. The average molecular weight is 297 g/mol. The first-order chi connectivity index (χ1) is 10.4. The number of fused-ring (bicyclic) bond motifs is 3. The first-order valence-electron chi connectivity index (χ1n) is 7.40.